The molecule has 11 heteroatoms. The molecule has 8 nitrogen and oxygen atoms in total. The van der Waals surface area contributed by atoms with Gasteiger partial charge in [-0.05, 0) is 6.92 Å². The predicted molar refractivity (Wildman–Crippen MR) is 86.0 cm³/mol. The van der Waals surface area contributed by atoms with Gasteiger partial charge in [0.15, 0.2) is 0 Å². The highest BCUT2D eigenvalue weighted by atomic mass is 19.4. The summed E-state index contributed by atoms with van der Waals surface area (Å²) in [5.41, 5.74) is -1.31. The first-order valence-electron chi connectivity index (χ1n) is 7.76. The number of aryl methyl sites for hydroxylation is 1. The molecule has 0 aromatic carbocycles. The van der Waals surface area contributed by atoms with Crippen LogP contribution in [-0.4, -0.2) is 39.4 Å². The van der Waals surface area contributed by atoms with Crippen LogP contribution < -0.4 is 10.6 Å². The molecule has 0 aliphatic carbocycles. The largest absolute Gasteiger partial charge is 0.465 e. The molecule has 0 unspecified atom stereocenters. The summed E-state index contributed by atoms with van der Waals surface area (Å²) in [5.74, 6) is -0.298. The Bertz CT molecular complexity index is 850. The predicted octanol–water partition coefficient (Wildman–Crippen LogP) is 2.22. The van der Waals surface area contributed by atoms with Crippen molar-refractivity contribution in [2.75, 3.05) is 24.3 Å². The summed E-state index contributed by atoms with van der Waals surface area (Å²) in [4.78, 5) is 19.5. The maximum atomic E-state index is 12.9. The number of alkyl halides is 3. The molecule has 1 aliphatic heterocycles. The van der Waals surface area contributed by atoms with E-state index >= 15 is 0 Å². The van der Waals surface area contributed by atoms with Crippen molar-refractivity contribution in [1.82, 2.24) is 19.7 Å². The summed E-state index contributed by atoms with van der Waals surface area (Å²) in [7, 11) is 2.98. The SMILES string of the molecule is CNc1nc(Nc2cc([C@@]3(C)CCOC3=O)nn2C)ncc1C(F)(F)F. The van der Waals surface area contributed by atoms with E-state index in [1.54, 1.807) is 20.0 Å². The van der Waals surface area contributed by atoms with Gasteiger partial charge in [-0.15, -0.1) is 0 Å². The number of cyclic esters (lactones) is 1. The summed E-state index contributed by atoms with van der Waals surface area (Å²) in [6.45, 7) is 2.06. The van der Waals surface area contributed by atoms with Crippen LogP contribution in [0.1, 0.15) is 24.6 Å². The third kappa shape index (κ3) is 3.04. The van der Waals surface area contributed by atoms with E-state index in [1.165, 1.54) is 11.7 Å². The minimum absolute atomic E-state index is 0.0314. The number of carbonyl (C=O) groups is 1. The second kappa shape index (κ2) is 6.15. The quantitative estimate of drug-likeness (QED) is 0.797. The van der Waals surface area contributed by atoms with Crippen molar-refractivity contribution in [2.24, 2.45) is 7.05 Å². The number of carbonyl (C=O) groups excluding carboxylic acids is 1. The molecular formula is C15H17F3N6O2. The first-order chi connectivity index (χ1) is 12.1. The number of anilines is 3. The number of rotatable bonds is 4. The maximum Gasteiger partial charge on any atom is 0.421 e. The first-order valence-corrected chi connectivity index (χ1v) is 7.76. The van der Waals surface area contributed by atoms with E-state index in [2.05, 4.69) is 25.7 Å². The van der Waals surface area contributed by atoms with Gasteiger partial charge < -0.3 is 15.4 Å². The minimum atomic E-state index is -4.56. The normalized spacial score (nSPS) is 20.2. The fourth-order valence-corrected chi connectivity index (χ4v) is 2.65. The van der Waals surface area contributed by atoms with E-state index in [1.807, 2.05) is 0 Å². The lowest BCUT2D eigenvalue weighted by atomic mass is 9.85. The molecule has 0 radical (unpaired) electrons. The van der Waals surface area contributed by atoms with E-state index in [0.717, 1.165) is 0 Å². The molecule has 2 N–H and O–H groups in total. The third-order valence-corrected chi connectivity index (χ3v) is 4.30. The lowest BCUT2D eigenvalue weighted by Gasteiger charge is -2.14. The molecule has 0 bridgehead atoms. The van der Waals surface area contributed by atoms with Crippen molar-refractivity contribution in [3.8, 4) is 0 Å². The molecule has 0 spiro atoms. The topological polar surface area (TPSA) is 94.0 Å². The van der Waals surface area contributed by atoms with Gasteiger partial charge >= 0.3 is 12.1 Å². The standard InChI is InChI=1S/C15H17F3N6O2/c1-14(4-5-26-12(14)25)9-6-10(24(3)23-9)21-13-20-7-8(15(16,17)18)11(19-2)22-13/h6-7H,4-5H2,1-3H3,(H2,19,20,21,22)/t14-/m1/s1. The third-order valence-electron chi connectivity index (χ3n) is 4.30. The molecule has 2 aromatic rings. The molecule has 2 aromatic heterocycles. The maximum absolute atomic E-state index is 12.9. The molecule has 1 atom stereocenters. The molecule has 3 heterocycles. The lowest BCUT2D eigenvalue weighted by Crippen LogP contribution is -2.28. The van der Waals surface area contributed by atoms with Gasteiger partial charge in [0.1, 0.15) is 22.6 Å². The summed E-state index contributed by atoms with van der Waals surface area (Å²) in [6, 6.07) is 1.63. The van der Waals surface area contributed by atoms with Crippen LogP contribution in [-0.2, 0) is 28.2 Å². The van der Waals surface area contributed by atoms with Gasteiger partial charge in [0.25, 0.3) is 0 Å². The Hall–Kier alpha value is -2.85. The van der Waals surface area contributed by atoms with Gasteiger partial charge in [-0.1, -0.05) is 0 Å². The molecule has 1 aliphatic rings. The van der Waals surface area contributed by atoms with Crippen molar-refractivity contribution < 1.29 is 22.7 Å². The number of hydrogen-bond acceptors (Lipinski definition) is 7. The number of ether oxygens (including phenoxy) is 1. The molecule has 0 amide bonds. The Morgan fingerprint density at radius 3 is 2.69 bits per heavy atom. The van der Waals surface area contributed by atoms with E-state index in [4.69, 9.17) is 4.74 Å². The molecular weight excluding hydrogens is 353 g/mol. The fraction of sp³-hybridized carbons (Fsp3) is 0.467. The van der Waals surface area contributed by atoms with Gasteiger partial charge in [-0.25, -0.2) is 4.98 Å². The highest BCUT2D eigenvalue weighted by Gasteiger charge is 2.44. The second-order valence-corrected chi connectivity index (χ2v) is 6.09. The number of esters is 1. The first kappa shape index (κ1) is 18.0. The Balaban J connectivity index is 1.89. The average molecular weight is 370 g/mol. The zero-order chi connectivity index (χ0) is 19.1. The van der Waals surface area contributed by atoms with Gasteiger partial charge in [-0.2, -0.15) is 23.3 Å². The second-order valence-electron chi connectivity index (χ2n) is 6.09. The fourth-order valence-electron chi connectivity index (χ4n) is 2.65. The van der Waals surface area contributed by atoms with Crippen molar-refractivity contribution >= 4 is 23.6 Å². The summed E-state index contributed by atoms with van der Waals surface area (Å²) in [5, 5.41) is 9.54. The highest BCUT2D eigenvalue weighted by molar-refractivity contribution is 5.84. The van der Waals surface area contributed by atoms with Gasteiger partial charge in [0.05, 0.1) is 12.3 Å². The molecule has 1 fully saturated rings. The van der Waals surface area contributed by atoms with Crippen LogP contribution in [0.2, 0.25) is 0 Å². The molecule has 26 heavy (non-hydrogen) atoms. The van der Waals surface area contributed by atoms with Crippen molar-refractivity contribution in [2.45, 2.75) is 24.9 Å². The smallest absolute Gasteiger partial charge is 0.421 e. The molecule has 1 saturated heterocycles. The number of halogens is 3. The zero-order valence-corrected chi connectivity index (χ0v) is 14.3. The highest BCUT2D eigenvalue weighted by Crippen LogP contribution is 2.35. The van der Waals surface area contributed by atoms with Gasteiger partial charge in [0, 0.05) is 32.8 Å². The number of nitrogens with one attached hydrogen (secondary N) is 2. The zero-order valence-electron chi connectivity index (χ0n) is 14.3. The van der Waals surface area contributed by atoms with Gasteiger partial charge in [-0.3, -0.25) is 9.48 Å². The molecule has 0 saturated carbocycles. The van der Waals surface area contributed by atoms with Crippen molar-refractivity contribution in [3.63, 3.8) is 0 Å². The van der Waals surface area contributed by atoms with Gasteiger partial charge in [0.2, 0.25) is 5.95 Å². The summed E-state index contributed by atoms with van der Waals surface area (Å²) >= 11 is 0. The van der Waals surface area contributed by atoms with Crippen molar-refractivity contribution in [3.05, 3.63) is 23.5 Å². The minimum Gasteiger partial charge on any atom is -0.465 e. The van der Waals surface area contributed by atoms with E-state index in [-0.39, 0.29) is 17.7 Å². The summed E-state index contributed by atoms with van der Waals surface area (Å²) in [6.07, 6.45) is -3.36. The molecule has 3 rings (SSSR count). The van der Waals surface area contributed by atoms with Crippen LogP contribution in [0, 0.1) is 0 Å². The van der Waals surface area contributed by atoms with E-state index < -0.39 is 17.2 Å². The van der Waals surface area contributed by atoms with Crippen LogP contribution in [0.15, 0.2) is 12.3 Å². The number of nitrogens with zero attached hydrogens (tertiary/aromatic N) is 4. The van der Waals surface area contributed by atoms with Crippen LogP contribution in [0.25, 0.3) is 0 Å². The molecule has 140 valence electrons. The monoisotopic (exact) mass is 370 g/mol. The van der Waals surface area contributed by atoms with Crippen LogP contribution in [0.4, 0.5) is 30.8 Å². The Morgan fingerprint density at radius 1 is 1.38 bits per heavy atom. The summed E-state index contributed by atoms with van der Waals surface area (Å²) < 4.78 is 45.2. The lowest BCUT2D eigenvalue weighted by molar-refractivity contribution is -0.142. The van der Waals surface area contributed by atoms with Crippen LogP contribution in [0.5, 0.6) is 0 Å². The number of aromatic nitrogens is 4. The Labute approximate surface area is 146 Å². The van der Waals surface area contributed by atoms with Crippen LogP contribution in [0.3, 0.4) is 0 Å². The Kier molecular flexibility index (Phi) is 4.24. The average Bonchev–Trinajstić information content (AvgIpc) is 3.10. The van der Waals surface area contributed by atoms with E-state index in [9.17, 15) is 18.0 Å². The Morgan fingerprint density at radius 2 is 2.12 bits per heavy atom. The van der Waals surface area contributed by atoms with Crippen LogP contribution >= 0.6 is 0 Å². The van der Waals surface area contributed by atoms with Crippen molar-refractivity contribution in [1.29, 1.82) is 0 Å². The van der Waals surface area contributed by atoms with E-state index in [0.29, 0.717) is 30.7 Å². The number of hydrogen-bond donors (Lipinski definition) is 2.